The van der Waals surface area contributed by atoms with Gasteiger partial charge in [0.15, 0.2) is 0 Å². The van der Waals surface area contributed by atoms with E-state index in [0.717, 1.165) is 11.1 Å². The summed E-state index contributed by atoms with van der Waals surface area (Å²) in [5.41, 5.74) is 2.15. The molecule has 116 valence electrons. The van der Waals surface area contributed by atoms with E-state index in [0.29, 0.717) is 5.75 Å². The van der Waals surface area contributed by atoms with Crippen LogP contribution < -0.4 is 4.74 Å². The van der Waals surface area contributed by atoms with Crippen molar-refractivity contribution in [3.8, 4) is 16.9 Å². The van der Waals surface area contributed by atoms with Gasteiger partial charge in [0.25, 0.3) is 0 Å². The SMILES string of the molecule is OC[C@H]1O[C@@H](Oc2ccc(-c3ccccc3)cc2)[C@H](O)[C@@H]1O. The Morgan fingerprint density at radius 2 is 1.50 bits per heavy atom. The summed E-state index contributed by atoms with van der Waals surface area (Å²) < 4.78 is 10.8. The summed E-state index contributed by atoms with van der Waals surface area (Å²) in [5.74, 6) is 0.523. The molecule has 1 aliphatic heterocycles. The maximum absolute atomic E-state index is 9.84. The number of aliphatic hydroxyl groups excluding tert-OH is 3. The standard InChI is InChI=1S/C17H18O5/c18-10-14-15(19)16(20)17(22-14)21-13-8-6-12(7-9-13)11-4-2-1-3-5-11/h1-9,14-20H,10H2/t14-,15-,16-,17-/m1/s1. The molecule has 3 rings (SSSR count). The fourth-order valence-electron chi connectivity index (χ4n) is 2.45. The molecule has 3 N–H and O–H groups in total. The van der Waals surface area contributed by atoms with Gasteiger partial charge in [0.1, 0.15) is 24.1 Å². The average Bonchev–Trinajstić information content (AvgIpc) is 2.84. The molecule has 1 saturated heterocycles. The number of benzene rings is 2. The molecule has 0 amide bonds. The van der Waals surface area contributed by atoms with E-state index in [4.69, 9.17) is 14.6 Å². The molecule has 0 radical (unpaired) electrons. The minimum atomic E-state index is -1.19. The van der Waals surface area contributed by atoms with Crippen LogP contribution in [0.3, 0.4) is 0 Å². The molecule has 0 spiro atoms. The lowest BCUT2D eigenvalue weighted by atomic mass is 10.1. The van der Waals surface area contributed by atoms with Crippen molar-refractivity contribution in [3.63, 3.8) is 0 Å². The van der Waals surface area contributed by atoms with E-state index < -0.39 is 24.6 Å². The van der Waals surface area contributed by atoms with E-state index in [-0.39, 0.29) is 6.61 Å². The van der Waals surface area contributed by atoms with Gasteiger partial charge < -0.3 is 24.8 Å². The first-order chi connectivity index (χ1) is 10.7. The van der Waals surface area contributed by atoms with Crippen LogP contribution in [0.1, 0.15) is 0 Å². The van der Waals surface area contributed by atoms with Gasteiger partial charge >= 0.3 is 0 Å². The third-order valence-electron chi connectivity index (χ3n) is 3.71. The molecule has 0 saturated carbocycles. The minimum absolute atomic E-state index is 0.370. The molecule has 2 aromatic carbocycles. The van der Waals surface area contributed by atoms with Gasteiger partial charge in [0.2, 0.25) is 6.29 Å². The lowest BCUT2D eigenvalue weighted by Gasteiger charge is -2.17. The molecule has 1 fully saturated rings. The van der Waals surface area contributed by atoms with Crippen LogP contribution in [0.25, 0.3) is 11.1 Å². The van der Waals surface area contributed by atoms with Crippen LogP contribution in [0, 0.1) is 0 Å². The van der Waals surface area contributed by atoms with Gasteiger partial charge in [-0.25, -0.2) is 0 Å². The first kappa shape index (κ1) is 15.0. The number of aliphatic hydroxyl groups is 3. The third-order valence-corrected chi connectivity index (χ3v) is 3.71. The van der Waals surface area contributed by atoms with E-state index in [1.54, 1.807) is 12.1 Å². The second kappa shape index (κ2) is 6.46. The third kappa shape index (κ3) is 2.98. The topological polar surface area (TPSA) is 79.2 Å². The van der Waals surface area contributed by atoms with Crippen LogP contribution in [0.2, 0.25) is 0 Å². The van der Waals surface area contributed by atoms with E-state index in [1.165, 1.54) is 0 Å². The van der Waals surface area contributed by atoms with Crippen LogP contribution >= 0.6 is 0 Å². The van der Waals surface area contributed by atoms with Crippen LogP contribution in [0.4, 0.5) is 0 Å². The van der Waals surface area contributed by atoms with Crippen molar-refractivity contribution in [2.24, 2.45) is 0 Å². The van der Waals surface area contributed by atoms with E-state index in [9.17, 15) is 10.2 Å². The predicted molar refractivity (Wildman–Crippen MR) is 80.3 cm³/mol. The highest BCUT2D eigenvalue weighted by atomic mass is 16.7. The van der Waals surface area contributed by atoms with Crippen molar-refractivity contribution >= 4 is 0 Å². The number of rotatable bonds is 4. The zero-order valence-corrected chi connectivity index (χ0v) is 11.9. The maximum Gasteiger partial charge on any atom is 0.229 e. The highest BCUT2D eigenvalue weighted by molar-refractivity contribution is 5.63. The van der Waals surface area contributed by atoms with Gasteiger partial charge in [0, 0.05) is 0 Å². The lowest BCUT2D eigenvalue weighted by molar-refractivity contribution is -0.116. The lowest BCUT2D eigenvalue weighted by Crippen LogP contribution is -2.35. The summed E-state index contributed by atoms with van der Waals surface area (Å²) in [4.78, 5) is 0. The van der Waals surface area contributed by atoms with Crippen molar-refractivity contribution in [3.05, 3.63) is 54.6 Å². The van der Waals surface area contributed by atoms with Crippen LogP contribution in [-0.4, -0.2) is 46.5 Å². The smallest absolute Gasteiger partial charge is 0.229 e. The van der Waals surface area contributed by atoms with E-state index in [1.807, 2.05) is 42.5 Å². The molecule has 2 aromatic rings. The normalized spacial score (nSPS) is 27.8. The Balaban J connectivity index is 1.69. The molecule has 0 aromatic heterocycles. The second-order valence-corrected chi connectivity index (χ2v) is 5.21. The molecule has 1 heterocycles. The molecule has 1 aliphatic rings. The van der Waals surface area contributed by atoms with E-state index in [2.05, 4.69) is 0 Å². The Bertz CT molecular complexity index is 598. The Morgan fingerprint density at radius 3 is 2.09 bits per heavy atom. The fourth-order valence-corrected chi connectivity index (χ4v) is 2.45. The monoisotopic (exact) mass is 302 g/mol. The Labute approximate surface area is 128 Å². The summed E-state index contributed by atoms with van der Waals surface area (Å²) in [7, 11) is 0. The van der Waals surface area contributed by atoms with Gasteiger partial charge in [-0.2, -0.15) is 0 Å². The highest BCUT2D eigenvalue weighted by Crippen LogP contribution is 2.26. The zero-order chi connectivity index (χ0) is 15.5. The quantitative estimate of drug-likeness (QED) is 0.790. The van der Waals surface area contributed by atoms with E-state index >= 15 is 0 Å². The first-order valence-electron chi connectivity index (χ1n) is 7.13. The second-order valence-electron chi connectivity index (χ2n) is 5.21. The summed E-state index contributed by atoms with van der Waals surface area (Å²) >= 11 is 0. The Kier molecular flexibility index (Phi) is 4.40. The molecule has 0 unspecified atom stereocenters. The van der Waals surface area contributed by atoms with Gasteiger partial charge in [0.05, 0.1) is 6.61 Å². The van der Waals surface area contributed by atoms with Gasteiger partial charge in [-0.1, -0.05) is 42.5 Å². The summed E-state index contributed by atoms with van der Waals surface area (Å²) in [6.07, 6.45) is -4.16. The van der Waals surface area contributed by atoms with Crippen molar-refractivity contribution < 1.29 is 24.8 Å². The van der Waals surface area contributed by atoms with Crippen LogP contribution in [0.15, 0.2) is 54.6 Å². The molecule has 5 nitrogen and oxygen atoms in total. The largest absolute Gasteiger partial charge is 0.462 e. The highest BCUT2D eigenvalue weighted by Gasteiger charge is 2.43. The van der Waals surface area contributed by atoms with Gasteiger partial charge in [-0.3, -0.25) is 0 Å². The molecule has 0 bridgehead atoms. The summed E-state index contributed by atoms with van der Waals surface area (Å²) in [6, 6.07) is 17.3. The van der Waals surface area contributed by atoms with Gasteiger partial charge in [-0.15, -0.1) is 0 Å². The fraction of sp³-hybridized carbons (Fsp3) is 0.294. The first-order valence-corrected chi connectivity index (χ1v) is 7.13. The van der Waals surface area contributed by atoms with Gasteiger partial charge in [-0.05, 0) is 23.3 Å². The number of hydrogen-bond acceptors (Lipinski definition) is 5. The average molecular weight is 302 g/mol. The Hall–Kier alpha value is -1.92. The number of hydrogen-bond donors (Lipinski definition) is 3. The van der Waals surface area contributed by atoms with Crippen molar-refractivity contribution in [1.29, 1.82) is 0 Å². The summed E-state index contributed by atoms with van der Waals surface area (Å²) in [6.45, 7) is -0.370. The summed E-state index contributed by atoms with van der Waals surface area (Å²) in [5, 5.41) is 28.6. The number of ether oxygens (including phenoxy) is 2. The minimum Gasteiger partial charge on any atom is -0.462 e. The maximum atomic E-state index is 9.84. The molecule has 5 heteroatoms. The van der Waals surface area contributed by atoms with Crippen LogP contribution in [-0.2, 0) is 4.74 Å². The van der Waals surface area contributed by atoms with Crippen LogP contribution in [0.5, 0.6) is 5.75 Å². The van der Waals surface area contributed by atoms with Crippen molar-refractivity contribution in [1.82, 2.24) is 0 Å². The Morgan fingerprint density at radius 1 is 0.864 bits per heavy atom. The molecular weight excluding hydrogens is 284 g/mol. The molecule has 4 atom stereocenters. The zero-order valence-electron chi connectivity index (χ0n) is 11.9. The van der Waals surface area contributed by atoms with Crippen molar-refractivity contribution in [2.45, 2.75) is 24.6 Å². The molecule has 22 heavy (non-hydrogen) atoms. The predicted octanol–water partition coefficient (Wildman–Crippen LogP) is 1.17. The van der Waals surface area contributed by atoms with Crippen molar-refractivity contribution in [2.75, 3.05) is 6.61 Å². The molecular formula is C17H18O5. The molecule has 0 aliphatic carbocycles.